The second kappa shape index (κ2) is 11.8. The van der Waals surface area contributed by atoms with Gasteiger partial charge < -0.3 is 23.9 Å². The van der Waals surface area contributed by atoms with Gasteiger partial charge in [-0.15, -0.1) is 0 Å². The molecule has 0 bridgehead atoms. The number of esters is 1. The van der Waals surface area contributed by atoms with E-state index in [1.54, 1.807) is 54.6 Å². The third-order valence-corrected chi connectivity index (χ3v) is 5.22. The molecular formula is C25H20BrN3O7. The molecule has 1 unspecified atom stereocenters. The van der Waals surface area contributed by atoms with Crippen molar-refractivity contribution in [1.29, 1.82) is 0 Å². The molecule has 1 aliphatic rings. The Bertz CT molecular complexity index is 1300. The van der Waals surface area contributed by atoms with Crippen LogP contribution in [-0.2, 0) is 14.4 Å². The molecule has 36 heavy (non-hydrogen) atoms. The first-order valence-corrected chi connectivity index (χ1v) is 11.5. The fourth-order valence-corrected chi connectivity index (χ4v) is 3.41. The fraction of sp³-hybridized carbons (Fsp3) is 0.120. The van der Waals surface area contributed by atoms with Crippen LogP contribution in [0.25, 0.3) is 6.08 Å². The Morgan fingerprint density at radius 3 is 2.75 bits per heavy atom. The average Bonchev–Trinajstić information content (AvgIpc) is 3.41. The van der Waals surface area contributed by atoms with E-state index >= 15 is 0 Å². The molecule has 2 amide bonds. The summed E-state index contributed by atoms with van der Waals surface area (Å²) in [6.45, 7) is -0.292. The summed E-state index contributed by atoms with van der Waals surface area (Å²) in [4.78, 5) is 36.6. The van der Waals surface area contributed by atoms with Crippen LogP contribution in [0.4, 0.5) is 0 Å². The number of fused-ring (bicyclic) bond motifs is 1. The number of carbonyl (C=O) groups excluding carboxylic acids is 3. The SMILES string of the molecule is O=C(CNC(=O)C1COc2ccccc2O1)NN=Cc1cc(Br)ccc1OC(=O)C=Cc1ccco1. The third kappa shape index (κ3) is 6.83. The van der Waals surface area contributed by atoms with Gasteiger partial charge in [-0.3, -0.25) is 9.59 Å². The first kappa shape index (κ1) is 24.7. The highest BCUT2D eigenvalue weighted by atomic mass is 79.9. The van der Waals surface area contributed by atoms with E-state index in [-0.39, 0.29) is 18.9 Å². The van der Waals surface area contributed by atoms with Gasteiger partial charge in [-0.1, -0.05) is 28.1 Å². The lowest BCUT2D eigenvalue weighted by molar-refractivity contribution is -0.132. The van der Waals surface area contributed by atoms with Crippen molar-refractivity contribution >= 4 is 46.0 Å². The number of para-hydroxylation sites is 2. The highest BCUT2D eigenvalue weighted by Crippen LogP contribution is 2.30. The molecular weight excluding hydrogens is 534 g/mol. The van der Waals surface area contributed by atoms with Crippen LogP contribution >= 0.6 is 15.9 Å². The Morgan fingerprint density at radius 2 is 1.94 bits per heavy atom. The van der Waals surface area contributed by atoms with Gasteiger partial charge in [0.15, 0.2) is 11.5 Å². The maximum absolute atomic E-state index is 12.3. The van der Waals surface area contributed by atoms with E-state index in [2.05, 4.69) is 31.8 Å². The van der Waals surface area contributed by atoms with Crippen molar-refractivity contribution in [3.63, 3.8) is 0 Å². The monoisotopic (exact) mass is 553 g/mol. The van der Waals surface area contributed by atoms with Gasteiger partial charge in [-0.2, -0.15) is 5.10 Å². The number of furan rings is 1. The zero-order valence-electron chi connectivity index (χ0n) is 18.7. The summed E-state index contributed by atoms with van der Waals surface area (Å²) in [6.07, 6.45) is 4.64. The van der Waals surface area contributed by atoms with Crippen molar-refractivity contribution in [2.75, 3.05) is 13.2 Å². The molecule has 0 saturated heterocycles. The molecule has 3 aromatic rings. The van der Waals surface area contributed by atoms with Gasteiger partial charge in [0, 0.05) is 16.1 Å². The Kier molecular flexibility index (Phi) is 8.14. The molecule has 10 nitrogen and oxygen atoms in total. The quantitative estimate of drug-likeness (QED) is 0.144. The molecule has 4 rings (SSSR count). The second-order valence-electron chi connectivity index (χ2n) is 7.33. The third-order valence-electron chi connectivity index (χ3n) is 4.73. The van der Waals surface area contributed by atoms with E-state index in [1.807, 2.05) is 0 Å². The Balaban J connectivity index is 1.27. The molecule has 0 aliphatic carbocycles. The second-order valence-corrected chi connectivity index (χ2v) is 8.24. The van der Waals surface area contributed by atoms with Crippen molar-refractivity contribution in [2.24, 2.45) is 5.10 Å². The van der Waals surface area contributed by atoms with E-state index in [4.69, 9.17) is 18.6 Å². The van der Waals surface area contributed by atoms with Crippen LogP contribution in [0.2, 0.25) is 0 Å². The Morgan fingerprint density at radius 1 is 1.11 bits per heavy atom. The van der Waals surface area contributed by atoms with Gasteiger partial charge in [0.2, 0.25) is 6.10 Å². The van der Waals surface area contributed by atoms with Crippen LogP contribution < -0.4 is 25.0 Å². The van der Waals surface area contributed by atoms with Gasteiger partial charge in [-0.05, 0) is 48.5 Å². The summed E-state index contributed by atoms with van der Waals surface area (Å²) in [7, 11) is 0. The number of halogens is 1. The number of hydrazone groups is 1. The smallest absolute Gasteiger partial charge is 0.336 e. The molecule has 1 aromatic heterocycles. The van der Waals surface area contributed by atoms with Crippen LogP contribution in [0, 0.1) is 0 Å². The first-order chi connectivity index (χ1) is 17.5. The van der Waals surface area contributed by atoms with E-state index in [0.29, 0.717) is 27.3 Å². The molecule has 2 N–H and O–H groups in total. The fourth-order valence-electron chi connectivity index (χ4n) is 3.04. The molecule has 0 spiro atoms. The summed E-state index contributed by atoms with van der Waals surface area (Å²) in [5.74, 6) is 0.0745. The van der Waals surface area contributed by atoms with E-state index in [9.17, 15) is 14.4 Å². The molecule has 2 aromatic carbocycles. The number of nitrogens with one attached hydrogen (secondary N) is 2. The highest BCUT2D eigenvalue weighted by Gasteiger charge is 2.27. The van der Waals surface area contributed by atoms with E-state index in [0.717, 1.165) is 0 Å². The molecule has 11 heteroatoms. The minimum atomic E-state index is -0.878. The number of ether oxygens (including phenoxy) is 3. The molecule has 1 aliphatic heterocycles. The van der Waals surface area contributed by atoms with Crippen LogP contribution in [0.1, 0.15) is 11.3 Å². The summed E-state index contributed by atoms with van der Waals surface area (Å²) in [5, 5.41) is 6.36. The molecule has 0 saturated carbocycles. The van der Waals surface area contributed by atoms with Crippen molar-refractivity contribution in [1.82, 2.24) is 10.7 Å². The maximum atomic E-state index is 12.3. The predicted molar refractivity (Wildman–Crippen MR) is 133 cm³/mol. The van der Waals surface area contributed by atoms with Crippen molar-refractivity contribution in [3.05, 3.63) is 82.7 Å². The Hall–Kier alpha value is -4.38. The predicted octanol–water partition coefficient (Wildman–Crippen LogP) is 3.07. The zero-order chi connectivity index (χ0) is 25.3. The average molecular weight is 554 g/mol. The number of hydrogen-bond donors (Lipinski definition) is 2. The lowest BCUT2D eigenvalue weighted by Gasteiger charge is -2.25. The minimum Gasteiger partial charge on any atom is -0.485 e. The van der Waals surface area contributed by atoms with Crippen LogP contribution in [0.15, 0.2) is 80.9 Å². The molecule has 184 valence electrons. The van der Waals surface area contributed by atoms with Gasteiger partial charge >= 0.3 is 5.97 Å². The number of amides is 2. The van der Waals surface area contributed by atoms with Crippen LogP contribution in [-0.4, -0.2) is 43.3 Å². The van der Waals surface area contributed by atoms with Crippen LogP contribution in [0.3, 0.4) is 0 Å². The number of nitrogens with zero attached hydrogens (tertiary/aromatic N) is 1. The van der Waals surface area contributed by atoms with E-state index < -0.39 is 23.9 Å². The summed E-state index contributed by atoms with van der Waals surface area (Å²) >= 11 is 3.34. The number of hydrogen-bond acceptors (Lipinski definition) is 8. The maximum Gasteiger partial charge on any atom is 0.336 e. The minimum absolute atomic E-state index is 0.0315. The van der Waals surface area contributed by atoms with Crippen LogP contribution in [0.5, 0.6) is 17.2 Å². The summed E-state index contributed by atoms with van der Waals surface area (Å²) in [5.41, 5.74) is 2.74. The number of benzene rings is 2. The molecule has 0 radical (unpaired) electrons. The summed E-state index contributed by atoms with van der Waals surface area (Å²) < 4.78 is 22.3. The Labute approximate surface area is 214 Å². The van der Waals surface area contributed by atoms with Crippen molar-refractivity contribution in [3.8, 4) is 17.2 Å². The molecule has 0 fully saturated rings. The van der Waals surface area contributed by atoms with E-state index in [1.165, 1.54) is 24.6 Å². The largest absolute Gasteiger partial charge is 0.485 e. The lowest BCUT2D eigenvalue weighted by atomic mass is 10.2. The summed E-state index contributed by atoms with van der Waals surface area (Å²) in [6, 6.07) is 15.3. The highest BCUT2D eigenvalue weighted by molar-refractivity contribution is 9.10. The zero-order valence-corrected chi connectivity index (χ0v) is 20.3. The van der Waals surface area contributed by atoms with Crippen molar-refractivity contribution < 1.29 is 33.0 Å². The van der Waals surface area contributed by atoms with Gasteiger partial charge in [0.05, 0.1) is 19.0 Å². The number of carbonyl (C=O) groups is 3. The first-order valence-electron chi connectivity index (χ1n) is 10.7. The van der Waals surface area contributed by atoms with Crippen molar-refractivity contribution in [2.45, 2.75) is 6.10 Å². The normalized spacial score (nSPS) is 14.5. The standard InChI is InChI=1S/C25H20BrN3O7/c26-17-7-9-19(36-24(31)10-8-18-4-3-11-33-18)16(12-17)13-28-29-23(30)14-27-25(32)22-15-34-20-5-1-2-6-21(20)35-22/h1-13,22H,14-15H2,(H,27,32)(H,29,30). The number of rotatable bonds is 8. The molecule has 2 heterocycles. The van der Waals surface area contributed by atoms with Gasteiger partial charge in [-0.25, -0.2) is 10.2 Å². The molecule has 1 atom stereocenters. The van der Waals surface area contributed by atoms with Gasteiger partial charge in [0.1, 0.15) is 18.1 Å². The lowest BCUT2D eigenvalue weighted by Crippen LogP contribution is -2.46. The van der Waals surface area contributed by atoms with Gasteiger partial charge in [0.25, 0.3) is 11.8 Å². The topological polar surface area (TPSA) is 128 Å².